The number of alkyl halides is 7. The molecule has 0 aliphatic rings. The Morgan fingerprint density at radius 1 is 0.920 bits per heavy atom. The van der Waals surface area contributed by atoms with Gasteiger partial charge in [-0.1, -0.05) is 35.5 Å². The van der Waals surface area contributed by atoms with Crippen LogP contribution in [0.4, 0.5) is 30.7 Å². The third kappa shape index (κ3) is 4.94. The summed E-state index contributed by atoms with van der Waals surface area (Å²) >= 11 is 0. The molecular weight excluding hydrogens is 385 g/mol. The summed E-state index contributed by atoms with van der Waals surface area (Å²) in [5.41, 5.74) is -1.68. The zero-order valence-electron chi connectivity index (χ0n) is 14.1. The van der Waals surface area contributed by atoms with E-state index in [-0.39, 0.29) is 10.8 Å². The molecule has 10 heteroatoms. The summed E-state index contributed by atoms with van der Waals surface area (Å²) in [5, 5.41) is -0.234. The van der Waals surface area contributed by atoms with E-state index in [0.29, 0.717) is 0 Å². The number of rotatable bonds is 6. The maximum atomic E-state index is 14.4. The standard InChI is InChI=1S/C15H19F7OSi2/c1-10(24-23-25(2,3)4)12(11-8-6-5-7-9-11)13(16,17)14(18,19)15(20,21)22/h5-9H,24H2,1-4H3. The van der Waals surface area contributed by atoms with Crippen molar-refractivity contribution >= 4 is 23.7 Å². The van der Waals surface area contributed by atoms with Gasteiger partial charge in [0.15, 0.2) is 18.1 Å². The molecule has 0 spiro atoms. The Morgan fingerprint density at radius 3 is 1.80 bits per heavy atom. The van der Waals surface area contributed by atoms with Crippen LogP contribution in [0.3, 0.4) is 0 Å². The average molecular weight is 404 g/mol. The highest BCUT2D eigenvalue weighted by molar-refractivity contribution is 6.74. The molecule has 1 aromatic rings. The van der Waals surface area contributed by atoms with Gasteiger partial charge in [0, 0.05) is 5.57 Å². The number of benzene rings is 1. The average Bonchev–Trinajstić information content (AvgIpc) is 2.44. The van der Waals surface area contributed by atoms with Crippen molar-refractivity contribution in [3.05, 3.63) is 41.1 Å². The van der Waals surface area contributed by atoms with E-state index in [4.69, 9.17) is 4.12 Å². The Balaban J connectivity index is 3.52. The molecule has 0 saturated carbocycles. The van der Waals surface area contributed by atoms with Crippen LogP contribution in [-0.2, 0) is 4.12 Å². The van der Waals surface area contributed by atoms with E-state index in [2.05, 4.69) is 0 Å². The van der Waals surface area contributed by atoms with Crippen molar-refractivity contribution in [1.82, 2.24) is 0 Å². The van der Waals surface area contributed by atoms with Crippen LogP contribution in [0.15, 0.2) is 35.5 Å². The molecule has 0 fully saturated rings. The maximum Gasteiger partial charge on any atom is 0.460 e. The molecular formula is C15H19F7OSi2. The van der Waals surface area contributed by atoms with Gasteiger partial charge in [-0.2, -0.15) is 30.7 Å². The van der Waals surface area contributed by atoms with E-state index in [1.54, 1.807) is 19.6 Å². The monoisotopic (exact) mass is 404 g/mol. The lowest BCUT2D eigenvalue weighted by Gasteiger charge is -2.32. The highest BCUT2D eigenvalue weighted by Gasteiger charge is 2.74. The summed E-state index contributed by atoms with van der Waals surface area (Å²) in [6, 6.07) is 6.22. The van der Waals surface area contributed by atoms with Crippen molar-refractivity contribution in [3.63, 3.8) is 0 Å². The number of hydrogen-bond acceptors (Lipinski definition) is 1. The normalized spacial score (nSPS) is 15.6. The van der Waals surface area contributed by atoms with E-state index in [0.717, 1.165) is 19.1 Å². The topological polar surface area (TPSA) is 9.23 Å². The summed E-state index contributed by atoms with van der Waals surface area (Å²) < 4.78 is 99.1. The van der Waals surface area contributed by atoms with Crippen LogP contribution >= 0.6 is 0 Å². The van der Waals surface area contributed by atoms with Gasteiger partial charge >= 0.3 is 18.0 Å². The molecule has 1 nitrogen and oxygen atoms in total. The fraction of sp³-hybridized carbons (Fsp3) is 0.467. The molecule has 0 unspecified atom stereocenters. The maximum absolute atomic E-state index is 14.4. The summed E-state index contributed by atoms with van der Waals surface area (Å²) in [6.07, 6.45) is -6.38. The highest BCUT2D eigenvalue weighted by Crippen LogP contribution is 2.52. The zero-order valence-corrected chi connectivity index (χ0v) is 16.6. The summed E-state index contributed by atoms with van der Waals surface area (Å²) in [6.45, 7) is 6.46. The minimum absolute atomic E-state index is 0.234. The predicted molar refractivity (Wildman–Crippen MR) is 88.0 cm³/mol. The minimum atomic E-state index is -6.38. The number of hydrogen-bond donors (Lipinski definition) is 0. The molecule has 0 radical (unpaired) electrons. The first kappa shape index (κ1) is 21.9. The van der Waals surface area contributed by atoms with Crippen molar-refractivity contribution in [3.8, 4) is 0 Å². The summed E-state index contributed by atoms with van der Waals surface area (Å²) in [5.74, 6) is -11.6. The van der Waals surface area contributed by atoms with Crippen LogP contribution in [0.1, 0.15) is 12.5 Å². The van der Waals surface area contributed by atoms with Crippen LogP contribution < -0.4 is 0 Å². The Hall–Kier alpha value is -1.14. The van der Waals surface area contributed by atoms with Gasteiger partial charge < -0.3 is 4.12 Å². The summed E-state index contributed by atoms with van der Waals surface area (Å²) in [7, 11) is -4.02. The van der Waals surface area contributed by atoms with Gasteiger partial charge in [-0.25, -0.2) is 0 Å². The lowest BCUT2D eigenvalue weighted by atomic mass is 9.94. The second-order valence-corrected chi connectivity index (χ2v) is 13.3. The van der Waals surface area contributed by atoms with Crippen LogP contribution in [0.25, 0.3) is 5.57 Å². The molecule has 0 amide bonds. The van der Waals surface area contributed by atoms with Gasteiger partial charge in [0.25, 0.3) is 0 Å². The molecule has 0 saturated heterocycles. The Kier molecular flexibility index (Phi) is 6.34. The van der Waals surface area contributed by atoms with Gasteiger partial charge in [-0.3, -0.25) is 0 Å². The SMILES string of the molecule is CC([SiH2]O[Si](C)(C)C)=C(c1ccccc1)C(F)(F)C(F)(F)C(F)(F)F. The molecule has 25 heavy (non-hydrogen) atoms. The van der Waals surface area contributed by atoms with Crippen molar-refractivity contribution in [1.29, 1.82) is 0 Å². The number of halogens is 7. The lowest BCUT2D eigenvalue weighted by Crippen LogP contribution is -2.52. The van der Waals surface area contributed by atoms with Crippen molar-refractivity contribution in [2.75, 3.05) is 0 Å². The quantitative estimate of drug-likeness (QED) is 0.469. The highest BCUT2D eigenvalue weighted by atomic mass is 28.4. The van der Waals surface area contributed by atoms with E-state index >= 15 is 0 Å². The van der Waals surface area contributed by atoms with E-state index in [1.165, 1.54) is 18.2 Å². The molecule has 142 valence electrons. The van der Waals surface area contributed by atoms with E-state index in [1.807, 2.05) is 0 Å². The molecule has 0 aromatic heterocycles. The fourth-order valence-electron chi connectivity index (χ4n) is 2.03. The van der Waals surface area contributed by atoms with Crippen LogP contribution in [0.5, 0.6) is 0 Å². The van der Waals surface area contributed by atoms with Gasteiger partial charge in [0.1, 0.15) is 0 Å². The molecule has 0 aliphatic heterocycles. The smallest absolute Gasteiger partial charge is 0.457 e. The molecule has 0 heterocycles. The van der Waals surface area contributed by atoms with Gasteiger partial charge in [0.05, 0.1) is 0 Å². The fourth-order valence-corrected chi connectivity index (χ4v) is 5.20. The molecule has 0 bridgehead atoms. The van der Waals surface area contributed by atoms with Crippen LogP contribution in [0.2, 0.25) is 19.6 Å². The third-order valence-corrected chi connectivity index (χ3v) is 8.10. The van der Waals surface area contributed by atoms with Crippen LogP contribution in [0, 0.1) is 0 Å². The lowest BCUT2D eigenvalue weighted by molar-refractivity contribution is -0.339. The molecule has 0 atom stereocenters. The number of allylic oxidation sites excluding steroid dienone is 2. The largest absolute Gasteiger partial charge is 0.460 e. The molecule has 1 rings (SSSR count). The van der Waals surface area contributed by atoms with Crippen molar-refractivity contribution in [2.24, 2.45) is 0 Å². The first-order valence-corrected chi connectivity index (χ1v) is 12.0. The second kappa shape index (κ2) is 7.24. The van der Waals surface area contributed by atoms with Gasteiger partial charge in [0.2, 0.25) is 0 Å². The Bertz CT molecular complexity index is 619. The first-order chi connectivity index (χ1) is 11.1. The third-order valence-electron chi connectivity index (χ3n) is 3.28. The summed E-state index contributed by atoms with van der Waals surface area (Å²) in [4.78, 5) is 0. The first-order valence-electron chi connectivity index (χ1n) is 7.33. The predicted octanol–water partition coefficient (Wildman–Crippen LogP) is 5.19. The van der Waals surface area contributed by atoms with Crippen molar-refractivity contribution < 1.29 is 34.8 Å². The second-order valence-electron chi connectivity index (χ2n) is 6.57. The van der Waals surface area contributed by atoms with Crippen molar-refractivity contribution in [2.45, 2.75) is 44.6 Å². The molecule has 0 aliphatic carbocycles. The Morgan fingerprint density at radius 2 is 1.40 bits per heavy atom. The minimum Gasteiger partial charge on any atom is -0.457 e. The molecule has 1 aromatic carbocycles. The Labute approximate surface area is 145 Å². The zero-order chi connectivity index (χ0) is 19.7. The van der Waals surface area contributed by atoms with E-state index in [9.17, 15) is 30.7 Å². The molecule has 0 N–H and O–H groups in total. The van der Waals surface area contributed by atoms with E-state index < -0.39 is 41.7 Å². The van der Waals surface area contributed by atoms with Gasteiger partial charge in [-0.15, -0.1) is 0 Å². The van der Waals surface area contributed by atoms with Gasteiger partial charge in [-0.05, 0) is 32.1 Å². The van der Waals surface area contributed by atoms with Crippen LogP contribution in [-0.4, -0.2) is 36.1 Å².